The summed E-state index contributed by atoms with van der Waals surface area (Å²) in [5.74, 6) is -1.69. The lowest BCUT2D eigenvalue weighted by molar-refractivity contribution is -0.156. The topological polar surface area (TPSA) is 72.1 Å². The lowest BCUT2D eigenvalue weighted by Gasteiger charge is -2.16. The van der Waals surface area contributed by atoms with Crippen LogP contribution in [0.15, 0.2) is 53.1 Å². The van der Waals surface area contributed by atoms with Gasteiger partial charge in [0.2, 0.25) is 12.3 Å². The predicted octanol–water partition coefficient (Wildman–Crippen LogP) is 3.31. The van der Waals surface area contributed by atoms with Gasteiger partial charge in [-0.3, -0.25) is 9.78 Å². The average Bonchev–Trinajstić information content (AvgIpc) is 3.11. The van der Waals surface area contributed by atoms with Crippen molar-refractivity contribution in [2.45, 2.75) is 12.7 Å². The van der Waals surface area contributed by atoms with Crippen molar-refractivity contribution < 1.29 is 22.4 Å². The fraction of sp³-hybridized carbons (Fsp3) is 0.125. The van der Waals surface area contributed by atoms with Gasteiger partial charge in [-0.05, 0) is 24.3 Å². The van der Waals surface area contributed by atoms with Crippen molar-refractivity contribution in [2.24, 2.45) is 0 Å². The molecule has 2 heterocycles. The van der Waals surface area contributed by atoms with E-state index in [9.17, 15) is 18.0 Å². The number of benzene rings is 1. The summed E-state index contributed by atoms with van der Waals surface area (Å²) in [7, 11) is 0. The van der Waals surface area contributed by atoms with Gasteiger partial charge >= 0.3 is 12.1 Å². The van der Waals surface area contributed by atoms with Crippen molar-refractivity contribution in [2.75, 3.05) is 4.90 Å². The number of hydrogen-bond acceptors (Lipinski definition) is 5. The summed E-state index contributed by atoms with van der Waals surface area (Å²) < 4.78 is 42.0. The van der Waals surface area contributed by atoms with Crippen LogP contribution in [0.3, 0.4) is 0 Å². The molecule has 0 spiro atoms. The van der Waals surface area contributed by atoms with Crippen LogP contribution >= 0.6 is 0 Å². The van der Waals surface area contributed by atoms with E-state index in [1.165, 1.54) is 17.2 Å². The Labute approximate surface area is 139 Å². The summed E-state index contributed by atoms with van der Waals surface area (Å²) >= 11 is 0. The van der Waals surface area contributed by atoms with Crippen LogP contribution in [0.5, 0.6) is 0 Å². The van der Waals surface area contributed by atoms with Crippen LogP contribution in [0, 0.1) is 0 Å². The van der Waals surface area contributed by atoms with Gasteiger partial charge in [0.1, 0.15) is 0 Å². The van der Waals surface area contributed by atoms with Crippen LogP contribution in [0.25, 0.3) is 11.5 Å². The summed E-state index contributed by atoms with van der Waals surface area (Å²) in [6.07, 6.45) is -2.70. The Morgan fingerprint density at radius 1 is 1.08 bits per heavy atom. The minimum atomic E-state index is -4.70. The van der Waals surface area contributed by atoms with E-state index >= 15 is 0 Å². The van der Waals surface area contributed by atoms with Gasteiger partial charge < -0.3 is 9.32 Å². The number of hydrogen-bond donors (Lipinski definition) is 0. The second kappa shape index (κ2) is 6.71. The van der Waals surface area contributed by atoms with Crippen molar-refractivity contribution in [3.05, 3.63) is 60.2 Å². The molecule has 0 saturated carbocycles. The normalized spacial score (nSPS) is 11.3. The molecule has 2 aromatic heterocycles. The Bertz CT molecular complexity index is 848. The van der Waals surface area contributed by atoms with Crippen molar-refractivity contribution in [3.63, 3.8) is 0 Å². The second-order valence-corrected chi connectivity index (χ2v) is 5.02. The maximum atomic E-state index is 12.5. The Balaban J connectivity index is 1.76. The molecular weight excluding hydrogens is 337 g/mol. The first kappa shape index (κ1) is 16.6. The van der Waals surface area contributed by atoms with Gasteiger partial charge in [0.25, 0.3) is 0 Å². The molecule has 0 fully saturated rings. The molecule has 25 heavy (non-hydrogen) atoms. The molecule has 128 valence electrons. The summed E-state index contributed by atoms with van der Waals surface area (Å²) in [5.41, 5.74) is 1.51. The minimum Gasteiger partial charge on any atom is -0.413 e. The van der Waals surface area contributed by atoms with E-state index in [0.29, 0.717) is 17.8 Å². The van der Waals surface area contributed by atoms with Gasteiger partial charge in [-0.1, -0.05) is 18.2 Å². The largest absolute Gasteiger partial charge is 0.470 e. The number of pyridine rings is 1. The average molecular weight is 348 g/mol. The smallest absolute Gasteiger partial charge is 0.413 e. The number of para-hydroxylation sites is 1. The zero-order chi connectivity index (χ0) is 17.9. The molecule has 0 unspecified atom stereocenters. The number of alkyl halides is 3. The molecule has 0 aliphatic carbocycles. The highest BCUT2D eigenvalue weighted by Crippen LogP contribution is 2.30. The second-order valence-electron chi connectivity index (χ2n) is 5.02. The number of anilines is 1. The number of carbonyl (C=O) groups is 1. The van der Waals surface area contributed by atoms with E-state index in [1.807, 2.05) is 6.07 Å². The molecule has 0 bridgehead atoms. The Hall–Kier alpha value is -3.23. The van der Waals surface area contributed by atoms with E-state index in [0.717, 1.165) is 0 Å². The van der Waals surface area contributed by atoms with Crippen molar-refractivity contribution in [1.82, 2.24) is 15.2 Å². The standard InChI is InChI=1S/C16H11F3N4O2/c17-16(18,19)15-22-21-14(25-15)11-6-7-12(20-8-11)9-23(10-24)13-4-2-1-3-5-13/h1-8,10H,9H2. The van der Waals surface area contributed by atoms with Crippen LogP contribution < -0.4 is 4.90 Å². The van der Waals surface area contributed by atoms with Crippen molar-refractivity contribution in [1.29, 1.82) is 0 Å². The molecular formula is C16H11F3N4O2. The quantitative estimate of drug-likeness (QED) is 0.662. The number of amides is 1. The fourth-order valence-corrected chi connectivity index (χ4v) is 2.08. The minimum absolute atomic E-state index is 0.214. The molecule has 0 atom stereocenters. The van der Waals surface area contributed by atoms with Gasteiger partial charge in [0.05, 0.1) is 17.8 Å². The third-order valence-electron chi connectivity index (χ3n) is 3.29. The molecule has 0 aliphatic rings. The summed E-state index contributed by atoms with van der Waals surface area (Å²) in [6.45, 7) is 0.214. The Morgan fingerprint density at radius 2 is 1.84 bits per heavy atom. The van der Waals surface area contributed by atoms with Gasteiger partial charge in [-0.15, -0.1) is 10.2 Å². The van der Waals surface area contributed by atoms with Crippen LogP contribution in [0.4, 0.5) is 18.9 Å². The number of carbonyl (C=O) groups excluding carboxylic acids is 1. The lowest BCUT2D eigenvalue weighted by atomic mass is 10.2. The van der Waals surface area contributed by atoms with Gasteiger partial charge in [0, 0.05) is 11.9 Å². The van der Waals surface area contributed by atoms with E-state index in [1.54, 1.807) is 30.3 Å². The number of rotatable bonds is 5. The maximum absolute atomic E-state index is 12.5. The first-order valence-corrected chi connectivity index (χ1v) is 7.10. The van der Waals surface area contributed by atoms with E-state index < -0.39 is 12.1 Å². The number of nitrogens with zero attached hydrogens (tertiary/aromatic N) is 4. The molecule has 6 nitrogen and oxygen atoms in total. The molecule has 1 amide bonds. The molecule has 9 heteroatoms. The SMILES string of the molecule is O=CN(Cc1ccc(-c2nnc(C(F)(F)F)o2)cn1)c1ccccc1. The fourth-order valence-electron chi connectivity index (χ4n) is 2.08. The highest BCUT2D eigenvalue weighted by molar-refractivity contribution is 5.74. The van der Waals surface area contributed by atoms with Crippen LogP contribution in [-0.2, 0) is 17.5 Å². The Kier molecular flexibility index (Phi) is 4.46. The van der Waals surface area contributed by atoms with Crippen molar-refractivity contribution in [3.8, 4) is 11.5 Å². The molecule has 0 aliphatic heterocycles. The van der Waals surface area contributed by atoms with Crippen molar-refractivity contribution >= 4 is 12.1 Å². The first-order valence-electron chi connectivity index (χ1n) is 7.10. The molecule has 3 rings (SSSR count). The third-order valence-corrected chi connectivity index (χ3v) is 3.29. The summed E-state index contributed by atoms with van der Waals surface area (Å²) in [6, 6.07) is 12.1. The lowest BCUT2D eigenvalue weighted by Crippen LogP contribution is -2.20. The van der Waals surface area contributed by atoms with Crippen LogP contribution in [-0.4, -0.2) is 21.6 Å². The predicted molar refractivity (Wildman–Crippen MR) is 81.2 cm³/mol. The van der Waals surface area contributed by atoms with Crippen LogP contribution in [0.1, 0.15) is 11.6 Å². The summed E-state index contributed by atoms with van der Waals surface area (Å²) in [5, 5.41) is 6.33. The highest BCUT2D eigenvalue weighted by Gasteiger charge is 2.38. The summed E-state index contributed by atoms with van der Waals surface area (Å²) in [4.78, 5) is 16.8. The van der Waals surface area contributed by atoms with E-state index in [2.05, 4.69) is 19.6 Å². The van der Waals surface area contributed by atoms with Gasteiger partial charge in [0.15, 0.2) is 0 Å². The van der Waals surface area contributed by atoms with Crippen LogP contribution in [0.2, 0.25) is 0 Å². The zero-order valence-corrected chi connectivity index (χ0v) is 12.6. The molecule has 0 radical (unpaired) electrons. The van der Waals surface area contributed by atoms with Gasteiger partial charge in [-0.25, -0.2) is 0 Å². The number of aromatic nitrogens is 3. The molecule has 0 saturated heterocycles. The Morgan fingerprint density at radius 3 is 2.40 bits per heavy atom. The molecule has 3 aromatic rings. The van der Waals surface area contributed by atoms with Gasteiger partial charge in [-0.2, -0.15) is 13.2 Å². The van der Waals surface area contributed by atoms with E-state index in [-0.39, 0.29) is 18.0 Å². The molecule has 1 aromatic carbocycles. The first-order chi connectivity index (χ1) is 12.0. The molecule has 0 N–H and O–H groups in total. The highest BCUT2D eigenvalue weighted by atomic mass is 19.4. The number of halogens is 3. The maximum Gasteiger partial charge on any atom is 0.470 e. The third kappa shape index (κ3) is 3.82. The monoisotopic (exact) mass is 348 g/mol. The zero-order valence-electron chi connectivity index (χ0n) is 12.6. The van der Waals surface area contributed by atoms with E-state index in [4.69, 9.17) is 0 Å².